The topological polar surface area (TPSA) is 69.8 Å². The zero-order valence-corrected chi connectivity index (χ0v) is 17.1. The zero-order valence-electron chi connectivity index (χ0n) is 17.1. The van der Waals surface area contributed by atoms with Crippen molar-refractivity contribution in [3.8, 4) is 16.9 Å². The van der Waals surface area contributed by atoms with Crippen molar-refractivity contribution >= 4 is 16.8 Å². The lowest BCUT2D eigenvalue weighted by Crippen LogP contribution is -2.46. The lowest BCUT2D eigenvalue weighted by Gasteiger charge is -2.35. The second-order valence-electron chi connectivity index (χ2n) is 7.75. The molecule has 6 nitrogen and oxygen atoms in total. The molecule has 31 heavy (non-hydrogen) atoms. The number of rotatable bonds is 4. The van der Waals surface area contributed by atoms with E-state index in [4.69, 9.17) is 4.42 Å². The van der Waals surface area contributed by atoms with Crippen LogP contribution in [0, 0.1) is 0 Å². The van der Waals surface area contributed by atoms with E-state index in [2.05, 4.69) is 14.8 Å². The highest BCUT2D eigenvalue weighted by molar-refractivity contribution is 5.85. The van der Waals surface area contributed by atoms with Crippen LogP contribution < -0.4 is 10.5 Å². The van der Waals surface area contributed by atoms with Crippen molar-refractivity contribution in [2.75, 3.05) is 31.1 Å². The van der Waals surface area contributed by atoms with Gasteiger partial charge in [0.15, 0.2) is 0 Å². The minimum Gasteiger partial charge on any atom is -0.507 e. The Kier molecular flexibility index (Phi) is 5.14. The van der Waals surface area contributed by atoms with Crippen molar-refractivity contribution in [3.63, 3.8) is 0 Å². The van der Waals surface area contributed by atoms with E-state index in [1.165, 1.54) is 0 Å². The fourth-order valence-corrected chi connectivity index (χ4v) is 4.10. The minimum atomic E-state index is -0.398. The van der Waals surface area contributed by atoms with E-state index >= 15 is 0 Å². The first-order chi connectivity index (χ1) is 15.2. The van der Waals surface area contributed by atoms with Crippen LogP contribution in [-0.2, 0) is 6.54 Å². The molecule has 4 aromatic rings. The molecule has 1 N–H and O–H groups in total. The minimum absolute atomic E-state index is 0.148. The van der Waals surface area contributed by atoms with Gasteiger partial charge in [0, 0.05) is 44.3 Å². The monoisotopic (exact) mass is 413 g/mol. The van der Waals surface area contributed by atoms with Gasteiger partial charge in [-0.1, -0.05) is 36.4 Å². The first-order valence-electron chi connectivity index (χ1n) is 10.4. The van der Waals surface area contributed by atoms with Gasteiger partial charge in [-0.05, 0) is 35.9 Å². The number of aromatic nitrogens is 1. The SMILES string of the molecule is O=c1oc2c(CN3CCN(c4ccccn4)CC3)c(O)ccc2cc1-c1ccccc1. The van der Waals surface area contributed by atoms with Gasteiger partial charge in [-0.3, -0.25) is 4.90 Å². The number of hydrogen-bond donors (Lipinski definition) is 1. The Bertz CT molecular complexity index is 1250. The number of benzene rings is 2. The molecule has 6 heteroatoms. The maximum absolute atomic E-state index is 12.7. The summed E-state index contributed by atoms with van der Waals surface area (Å²) in [6.45, 7) is 3.89. The number of hydrogen-bond acceptors (Lipinski definition) is 6. The Morgan fingerprint density at radius 1 is 0.935 bits per heavy atom. The molecule has 3 heterocycles. The summed E-state index contributed by atoms with van der Waals surface area (Å²) < 4.78 is 5.73. The normalized spacial score (nSPS) is 14.8. The van der Waals surface area contributed by atoms with Crippen molar-refractivity contribution in [3.05, 3.63) is 88.9 Å². The van der Waals surface area contributed by atoms with Gasteiger partial charge in [-0.15, -0.1) is 0 Å². The van der Waals surface area contributed by atoms with E-state index in [9.17, 15) is 9.90 Å². The van der Waals surface area contributed by atoms with Crippen LogP contribution in [0.25, 0.3) is 22.1 Å². The van der Waals surface area contributed by atoms with E-state index in [1.807, 2.05) is 60.8 Å². The quantitative estimate of drug-likeness (QED) is 0.512. The molecular formula is C25H23N3O3. The summed E-state index contributed by atoms with van der Waals surface area (Å²) in [5, 5.41) is 11.3. The van der Waals surface area contributed by atoms with Crippen molar-refractivity contribution in [1.82, 2.24) is 9.88 Å². The Morgan fingerprint density at radius 2 is 1.71 bits per heavy atom. The smallest absolute Gasteiger partial charge is 0.344 e. The first kappa shape index (κ1) is 19.3. The summed E-state index contributed by atoms with van der Waals surface area (Å²) in [6, 6.07) is 20.7. The molecule has 0 aliphatic carbocycles. The molecule has 1 saturated heterocycles. The van der Waals surface area contributed by atoms with Crippen molar-refractivity contribution in [2.45, 2.75) is 6.54 Å². The molecule has 0 saturated carbocycles. The highest BCUT2D eigenvalue weighted by atomic mass is 16.4. The molecule has 0 bridgehead atoms. The van der Waals surface area contributed by atoms with Crippen LogP contribution in [0.3, 0.4) is 0 Å². The maximum atomic E-state index is 12.7. The van der Waals surface area contributed by atoms with Gasteiger partial charge in [0.05, 0.1) is 11.1 Å². The number of phenols is 1. The van der Waals surface area contributed by atoms with Gasteiger partial charge < -0.3 is 14.4 Å². The Balaban J connectivity index is 1.41. The van der Waals surface area contributed by atoms with E-state index in [-0.39, 0.29) is 5.75 Å². The molecular weight excluding hydrogens is 390 g/mol. The first-order valence-corrected chi connectivity index (χ1v) is 10.4. The second kappa shape index (κ2) is 8.24. The highest BCUT2D eigenvalue weighted by Gasteiger charge is 2.21. The number of piperazine rings is 1. The van der Waals surface area contributed by atoms with E-state index in [1.54, 1.807) is 12.1 Å². The van der Waals surface area contributed by atoms with Crippen LogP contribution in [0.5, 0.6) is 5.75 Å². The predicted molar refractivity (Wildman–Crippen MR) is 121 cm³/mol. The number of aromatic hydroxyl groups is 1. The molecule has 0 spiro atoms. The van der Waals surface area contributed by atoms with Crippen LogP contribution in [0.15, 0.2) is 82.1 Å². The molecule has 156 valence electrons. The summed E-state index contributed by atoms with van der Waals surface area (Å²) in [5.41, 5.74) is 2.05. The third kappa shape index (κ3) is 3.90. The lowest BCUT2D eigenvalue weighted by atomic mass is 10.0. The van der Waals surface area contributed by atoms with Gasteiger partial charge in [0.2, 0.25) is 0 Å². The van der Waals surface area contributed by atoms with E-state index in [0.717, 1.165) is 42.9 Å². The fraction of sp³-hybridized carbons (Fsp3) is 0.200. The van der Waals surface area contributed by atoms with Crippen LogP contribution in [-0.4, -0.2) is 41.2 Å². The molecule has 2 aromatic heterocycles. The molecule has 0 atom stereocenters. The predicted octanol–water partition coefficient (Wildman–Crippen LogP) is 3.88. The Labute approximate surface area is 180 Å². The summed E-state index contributed by atoms with van der Waals surface area (Å²) in [6.07, 6.45) is 1.81. The van der Waals surface area contributed by atoms with Crippen molar-refractivity contribution < 1.29 is 9.52 Å². The average molecular weight is 413 g/mol. The van der Waals surface area contributed by atoms with Crippen LogP contribution in [0.4, 0.5) is 5.82 Å². The molecule has 0 amide bonds. The van der Waals surface area contributed by atoms with Crippen LogP contribution in [0.2, 0.25) is 0 Å². The Hall–Kier alpha value is -3.64. The van der Waals surface area contributed by atoms with Gasteiger partial charge in [-0.25, -0.2) is 9.78 Å². The number of fused-ring (bicyclic) bond motifs is 1. The average Bonchev–Trinajstić information content (AvgIpc) is 2.82. The largest absolute Gasteiger partial charge is 0.507 e. The standard InChI is InChI=1S/C25H23N3O3/c29-22-10-9-19-16-20(18-6-2-1-3-7-18)25(30)31-24(19)21(22)17-27-12-14-28(15-13-27)23-8-4-5-11-26-23/h1-11,16,29H,12-15,17H2. The molecule has 2 aromatic carbocycles. The zero-order chi connectivity index (χ0) is 21.2. The van der Waals surface area contributed by atoms with E-state index < -0.39 is 5.63 Å². The van der Waals surface area contributed by atoms with Crippen LogP contribution >= 0.6 is 0 Å². The van der Waals surface area contributed by atoms with Gasteiger partial charge in [-0.2, -0.15) is 0 Å². The number of anilines is 1. The molecule has 1 aliphatic heterocycles. The summed E-state index contributed by atoms with van der Waals surface area (Å²) in [7, 11) is 0. The molecule has 5 rings (SSSR count). The van der Waals surface area contributed by atoms with Gasteiger partial charge in [0.25, 0.3) is 0 Å². The number of phenolic OH excluding ortho intramolecular Hbond substituents is 1. The molecule has 1 fully saturated rings. The lowest BCUT2D eigenvalue weighted by molar-refractivity contribution is 0.246. The van der Waals surface area contributed by atoms with Gasteiger partial charge >= 0.3 is 5.63 Å². The second-order valence-corrected chi connectivity index (χ2v) is 7.75. The van der Waals surface area contributed by atoms with Crippen molar-refractivity contribution in [2.24, 2.45) is 0 Å². The third-order valence-electron chi connectivity index (χ3n) is 5.79. The third-order valence-corrected chi connectivity index (χ3v) is 5.79. The molecule has 0 unspecified atom stereocenters. The van der Waals surface area contributed by atoms with Gasteiger partial charge in [0.1, 0.15) is 17.2 Å². The summed E-state index contributed by atoms with van der Waals surface area (Å²) in [4.78, 5) is 21.7. The Morgan fingerprint density at radius 3 is 2.45 bits per heavy atom. The maximum Gasteiger partial charge on any atom is 0.344 e. The fourth-order valence-electron chi connectivity index (χ4n) is 4.10. The number of pyridine rings is 1. The highest BCUT2D eigenvalue weighted by Crippen LogP contribution is 2.30. The van der Waals surface area contributed by atoms with E-state index in [0.29, 0.717) is 23.3 Å². The van der Waals surface area contributed by atoms with Crippen LogP contribution in [0.1, 0.15) is 5.56 Å². The number of nitrogens with zero attached hydrogens (tertiary/aromatic N) is 3. The molecule has 1 aliphatic rings. The molecule has 0 radical (unpaired) electrons. The summed E-state index contributed by atoms with van der Waals surface area (Å²) >= 11 is 0. The van der Waals surface area contributed by atoms with Crippen molar-refractivity contribution in [1.29, 1.82) is 0 Å². The summed E-state index contributed by atoms with van der Waals surface area (Å²) in [5.74, 6) is 1.13.